The summed E-state index contributed by atoms with van der Waals surface area (Å²) in [7, 11) is 3.97. The third-order valence-corrected chi connectivity index (χ3v) is 3.62. The lowest BCUT2D eigenvalue weighted by molar-refractivity contribution is 0.0690. The third kappa shape index (κ3) is 2.00. The zero-order valence-corrected chi connectivity index (χ0v) is 11.6. The number of rotatable bonds is 4. The van der Waals surface area contributed by atoms with Gasteiger partial charge in [0.2, 0.25) is 0 Å². The molecule has 3 rings (SSSR count). The van der Waals surface area contributed by atoms with Crippen molar-refractivity contribution in [1.29, 1.82) is 0 Å². The van der Waals surface area contributed by atoms with E-state index in [1.54, 1.807) is 6.20 Å². The number of H-pyrrole nitrogens is 1. The van der Waals surface area contributed by atoms with Crippen LogP contribution in [0.3, 0.4) is 0 Å². The summed E-state index contributed by atoms with van der Waals surface area (Å²) < 4.78 is 1.82. The zero-order valence-electron chi connectivity index (χ0n) is 11.6. The second kappa shape index (κ2) is 4.75. The first-order chi connectivity index (χ1) is 9.58. The lowest BCUT2D eigenvalue weighted by Gasteiger charge is -2.15. The van der Waals surface area contributed by atoms with Gasteiger partial charge in [0.1, 0.15) is 0 Å². The molecule has 0 aliphatic heterocycles. The minimum atomic E-state index is -0.993. The van der Waals surface area contributed by atoms with Gasteiger partial charge in [-0.3, -0.25) is 9.78 Å². The SMILES string of the molecule is CN(C)CCn1nc(C(=O)O)c2c1CCc1cn[nH]c1-2. The lowest BCUT2D eigenvalue weighted by atomic mass is 9.94. The highest BCUT2D eigenvalue weighted by Crippen LogP contribution is 2.34. The Balaban J connectivity index is 2.08. The molecule has 7 nitrogen and oxygen atoms in total. The molecule has 20 heavy (non-hydrogen) atoms. The van der Waals surface area contributed by atoms with Crippen molar-refractivity contribution in [2.45, 2.75) is 19.4 Å². The second-order valence-electron chi connectivity index (χ2n) is 5.27. The maximum Gasteiger partial charge on any atom is 0.357 e. The van der Waals surface area contributed by atoms with Gasteiger partial charge in [0.15, 0.2) is 5.69 Å². The number of aryl methyl sites for hydroxylation is 1. The van der Waals surface area contributed by atoms with Gasteiger partial charge < -0.3 is 10.0 Å². The van der Waals surface area contributed by atoms with E-state index in [1.165, 1.54) is 0 Å². The fourth-order valence-electron chi connectivity index (χ4n) is 2.61. The summed E-state index contributed by atoms with van der Waals surface area (Å²) in [6.45, 7) is 1.51. The van der Waals surface area contributed by atoms with Crippen LogP contribution in [0.2, 0.25) is 0 Å². The zero-order chi connectivity index (χ0) is 14.3. The molecule has 0 saturated heterocycles. The summed E-state index contributed by atoms with van der Waals surface area (Å²) in [5, 5.41) is 20.6. The van der Waals surface area contributed by atoms with Crippen LogP contribution in [-0.4, -0.2) is 56.6 Å². The number of hydrogen-bond donors (Lipinski definition) is 2. The molecule has 2 aromatic rings. The van der Waals surface area contributed by atoms with Crippen LogP contribution in [0, 0.1) is 0 Å². The highest BCUT2D eigenvalue weighted by molar-refractivity contribution is 5.95. The normalized spacial score (nSPS) is 13.3. The van der Waals surface area contributed by atoms with Gasteiger partial charge >= 0.3 is 5.97 Å². The van der Waals surface area contributed by atoms with E-state index in [2.05, 4.69) is 20.2 Å². The molecule has 2 heterocycles. The number of nitrogens with zero attached hydrogens (tertiary/aromatic N) is 4. The van der Waals surface area contributed by atoms with Crippen molar-refractivity contribution in [3.05, 3.63) is 23.1 Å². The predicted molar refractivity (Wildman–Crippen MR) is 72.7 cm³/mol. The molecule has 0 bridgehead atoms. The minimum Gasteiger partial charge on any atom is -0.476 e. The number of nitrogens with one attached hydrogen (secondary N) is 1. The van der Waals surface area contributed by atoms with Gasteiger partial charge in [0, 0.05) is 12.2 Å². The van der Waals surface area contributed by atoms with E-state index in [4.69, 9.17) is 0 Å². The molecule has 0 fully saturated rings. The molecule has 2 aromatic heterocycles. The number of aromatic nitrogens is 4. The van der Waals surface area contributed by atoms with Crippen LogP contribution in [-0.2, 0) is 19.4 Å². The monoisotopic (exact) mass is 275 g/mol. The molecule has 2 N–H and O–H groups in total. The van der Waals surface area contributed by atoms with Crippen molar-refractivity contribution in [3.8, 4) is 11.3 Å². The molecule has 0 saturated carbocycles. The van der Waals surface area contributed by atoms with E-state index < -0.39 is 5.97 Å². The molecule has 0 radical (unpaired) electrons. The van der Waals surface area contributed by atoms with Gasteiger partial charge in [-0.2, -0.15) is 10.2 Å². The Kier molecular flexibility index (Phi) is 3.06. The molecule has 1 aliphatic carbocycles. The van der Waals surface area contributed by atoms with E-state index >= 15 is 0 Å². The van der Waals surface area contributed by atoms with Gasteiger partial charge in [0.25, 0.3) is 0 Å². The van der Waals surface area contributed by atoms with Crippen LogP contribution < -0.4 is 0 Å². The summed E-state index contributed by atoms with van der Waals surface area (Å²) in [5.41, 5.74) is 3.67. The molecule has 0 aromatic carbocycles. The molecule has 0 unspecified atom stereocenters. The standard InChI is InChI=1S/C13H17N5O2/c1-17(2)5-6-18-9-4-3-8-7-14-15-11(8)10(9)12(16-18)13(19)20/h7H,3-6H2,1-2H3,(H,14,15)(H,19,20). The summed E-state index contributed by atoms with van der Waals surface area (Å²) >= 11 is 0. The molecule has 0 amide bonds. The Labute approximate surface area is 116 Å². The molecule has 1 aliphatic rings. The Morgan fingerprint density at radius 3 is 3.00 bits per heavy atom. The summed E-state index contributed by atoms with van der Waals surface area (Å²) in [4.78, 5) is 13.5. The summed E-state index contributed by atoms with van der Waals surface area (Å²) in [6, 6.07) is 0. The number of aromatic amines is 1. The van der Waals surface area contributed by atoms with Crippen LogP contribution in [0.25, 0.3) is 11.3 Å². The van der Waals surface area contributed by atoms with Crippen molar-refractivity contribution in [3.63, 3.8) is 0 Å². The van der Waals surface area contributed by atoms with Crippen molar-refractivity contribution >= 4 is 5.97 Å². The molecule has 0 atom stereocenters. The van der Waals surface area contributed by atoms with Gasteiger partial charge in [-0.15, -0.1) is 0 Å². The molecular weight excluding hydrogens is 258 g/mol. The number of carboxylic acid groups (broad SMARTS) is 1. The first-order valence-electron chi connectivity index (χ1n) is 6.58. The average Bonchev–Trinajstić information content (AvgIpc) is 2.99. The highest BCUT2D eigenvalue weighted by Gasteiger charge is 2.29. The quantitative estimate of drug-likeness (QED) is 0.854. The number of likely N-dealkylation sites (N-methyl/N-ethyl adjacent to an activating group) is 1. The summed E-state index contributed by atoms with van der Waals surface area (Å²) in [5.74, 6) is -0.993. The summed E-state index contributed by atoms with van der Waals surface area (Å²) in [6.07, 6.45) is 3.43. The van der Waals surface area contributed by atoms with Crippen LogP contribution >= 0.6 is 0 Å². The highest BCUT2D eigenvalue weighted by atomic mass is 16.4. The first kappa shape index (κ1) is 12.9. The van der Waals surface area contributed by atoms with E-state index in [-0.39, 0.29) is 5.69 Å². The minimum absolute atomic E-state index is 0.115. The van der Waals surface area contributed by atoms with Crippen molar-refractivity contribution in [1.82, 2.24) is 24.9 Å². The van der Waals surface area contributed by atoms with E-state index in [9.17, 15) is 9.90 Å². The maximum absolute atomic E-state index is 11.4. The Morgan fingerprint density at radius 1 is 1.50 bits per heavy atom. The van der Waals surface area contributed by atoms with Crippen molar-refractivity contribution in [2.75, 3.05) is 20.6 Å². The fourth-order valence-corrected chi connectivity index (χ4v) is 2.61. The van der Waals surface area contributed by atoms with E-state index in [0.717, 1.165) is 36.3 Å². The number of fused-ring (bicyclic) bond motifs is 3. The smallest absolute Gasteiger partial charge is 0.357 e. The number of aromatic carboxylic acids is 1. The second-order valence-corrected chi connectivity index (χ2v) is 5.27. The lowest BCUT2D eigenvalue weighted by Crippen LogP contribution is -2.21. The Hall–Kier alpha value is -2.15. The van der Waals surface area contributed by atoms with Crippen molar-refractivity contribution < 1.29 is 9.90 Å². The number of hydrogen-bond acceptors (Lipinski definition) is 4. The van der Waals surface area contributed by atoms with Crippen LogP contribution in [0.1, 0.15) is 21.7 Å². The molecule has 0 spiro atoms. The van der Waals surface area contributed by atoms with Gasteiger partial charge in [-0.25, -0.2) is 4.79 Å². The Morgan fingerprint density at radius 2 is 2.30 bits per heavy atom. The maximum atomic E-state index is 11.4. The van der Waals surface area contributed by atoms with E-state index in [1.807, 2.05) is 18.8 Å². The largest absolute Gasteiger partial charge is 0.476 e. The van der Waals surface area contributed by atoms with Gasteiger partial charge in [-0.05, 0) is 32.5 Å². The molecule has 7 heteroatoms. The number of carbonyl (C=O) groups is 1. The number of carboxylic acids is 1. The predicted octanol–water partition coefficient (Wildman–Crippen LogP) is 0.632. The third-order valence-electron chi connectivity index (χ3n) is 3.62. The average molecular weight is 275 g/mol. The molecular formula is C13H17N5O2. The van der Waals surface area contributed by atoms with Crippen molar-refractivity contribution in [2.24, 2.45) is 0 Å². The van der Waals surface area contributed by atoms with Crippen LogP contribution in [0.4, 0.5) is 0 Å². The van der Waals surface area contributed by atoms with Crippen LogP contribution in [0.5, 0.6) is 0 Å². The van der Waals surface area contributed by atoms with Crippen LogP contribution in [0.15, 0.2) is 6.20 Å². The fraction of sp³-hybridized carbons (Fsp3) is 0.462. The van der Waals surface area contributed by atoms with Gasteiger partial charge in [-0.1, -0.05) is 0 Å². The van der Waals surface area contributed by atoms with Gasteiger partial charge in [0.05, 0.1) is 24.0 Å². The Bertz CT molecular complexity index is 656. The van der Waals surface area contributed by atoms with E-state index in [0.29, 0.717) is 12.1 Å². The molecule has 106 valence electrons. The topological polar surface area (TPSA) is 87.0 Å². The first-order valence-corrected chi connectivity index (χ1v) is 6.58.